The number of allylic oxidation sites excluding steroid dienone is 7. The number of rotatable bonds is 5. The van der Waals surface area contributed by atoms with Crippen molar-refractivity contribution >= 4 is 5.57 Å². The quantitative estimate of drug-likeness (QED) is 0.575. The topological polar surface area (TPSA) is 0 Å². The van der Waals surface area contributed by atoms with Crippen molar-refractivity contribution in [3.05, 3.63) is 77.4 Å². The van der Waals surface area contributed by atoms with Crippen LogP contribution in [0.2, 0.25) is 0 Å². The summed E-state index contributed by atoms with van der Waals surface area (Å²) in [6.45, 7) is 12.4. The summed E-state index contributed by atoms with van der Waals surface area (Å²) in [6.07, 6.45) is 9.44. The zero-order chi connectivity index (χ0) is 14.3. The molecule has 0 radical (unpaired) electrons. The molecule has 0 N–H and O–H groups in total. The van der Waals surface area contributed by atoms with Crippen LogP contribution in [0.3, 0.4) is 0 Å². The number of benzene rings is 1. The highest BCUT2D eigenvalue weighted by atomic mass is 14.0. The number of aryl methyl sites for hydroxylation is 1. The van der Waals surface area contributed by atoms with Gasteiger partial charge in [-0.2, -0.15) is 0 Å². The molecule has 100 valence electrons. The second-order valence-corrected chi connectivity index (χ2v) is 4.93. The Labute approximate surface area is 117 Å². The third-order valence-electron chi connectivity index (χ3n) is 3.24. The van der Waals surface area contributed by atoms with Gasteiger partial charge < -0.3 is 0 Å². The van der Waals surface area contributed by atoms with Crippen LogP contribution in [0, 0.1) is 6.92 Å². The second-order valence-electron chi connectivity index (χ2n) is 4.93. The molecular weight excluding hydrogens is 228 g/mol. The molecule has 0 aliphatic rings. The molecule has 0 unspecified atom stereocenters. The predicted molar refractivity (Wildman–Crippen MR) is 87.2 cm³/mol. The minimum absolute atomic E-state index is 1.08. The zero-order valence-corrected chi connectivity index (χ0v) is 12.5. The van der Waals surface area contributed by atoms with Gasteiger partial charge in [0.1, 0.15) is 0 Å². The van der Waals surface area contributed by atoms with Crippen molar-refractivity contribution in [2.24, 2.45) is 0 Å². The molecule has 0 bridgehead atoms. The lowest BCUT2D eigenvalue weighted by molar-refractivity contribution is 1.10. The smallest absolute Gasteiger partial charge is 0.0227 e. The summed E-state index contributed by atoms with van der Waals surface area (Å²) < 4.78 is 0. The first-order valence-electron chi connectivity index (χ1n) is 6.82. The lowest BCUT2D eigenvalue weighted by Gasteiger charge is -2.02. The summed E-state index contributed by atoms with van der Waals surface area (Å²) >= 11 is 0. The fraction of sp³-hybridized carbons (Fsp3) is 0.263. The molecule has 1 aromatic carbocycles. The van der Waals surface area contributed by atoms with Gasteiger partial charge in [-0.05, 0) is 43.9 Å². The zero-order valence-electron chi connectivity index (χ0n) is 12.5. The van der Waals surface area contributed by atoms with Gasteiger partial charge in [-0.15, -0.1) is 0 Å². The first-order valence-corrected chi connectivity index (χ1v) is 6.82. The average Bonchev–Trinajstić information content (AvgIpc) is 2.43. The minimum atomic E-state index is 1.08. The molecule has 0 fully saturated rings. The molecule has 0 spiro atoms. The van der Waals surface area contributed by atoms with Crippen molar-refractivity contribution in [1.82, 2.24) is 0 Å². The van der Waals surface area contributed by atoms with Crippen LogP contribution < -0.4 is 0 Å². The highest BCUT2D eigenvalue weighted by Gasteiger charge is 1.94. The summed E-state index contributed by atoms with van der Waals surface area (Å²) in [6, 6.07) is 8.61. The number of hydrogen-bond acceptors (Lipinski definition) is 0. The standard InChI is InChI=1S/C19H24/c1-6-15(3)14-18(7-2)11-10-17(5)19-12-8-16(4)9-13-19/h7-14H,2,6H2,1,3-5H3/b15-14+,17-10+,18-11+. The van der Waals surface area contributed by atoms with Crippen LogP contribution in [0.15, 0.2) is 66.3 Å². The Bertz CT molecular complexity index is 507. The van der Waals surface area contributed by atoms with Crippen molar-refractivity contribution in [3.63, 3.8) is 0 Å². The Kier molecular flexibility index (Phi) is 6.08. The van der Waals surface area contributed by atoms with Gasteiger partial charge in [0, 0.05) is 0 Å². The van der Waals surface area contributed by atoms with E-state index in [4.69, 9.17) is 0 Å². The van der Waals surface area contributed by atoms with Crippen LogP contribution in [-0.4, -0.2) is 0 Å². The molecule has 0 atom stereocenters. The Morgan fingerprint density at radius 3 is 2.26 bits per heavy atom. The van der Waals surface area contributed by atoms with E-state index in [9.17, 15) is 0 Å². The Morgan fingerprint density at radius 1 is 1.11 bits per heavy atom. The van der Waals surface area contributed by atoms with Gasteiger partial charge in [0.25, 0.3) is 0 Å². The van der Waals surface area contributed by atoms with Crippen molar-refractivity contribution in [3.8, 4) is 0 Å². The summed E-state index contributed by atoms with van der Waals surface area (Å²) in [4.78, 5) is 0. The Morgan fingerprint density at radius 2 is 1.74 bits per heavy atom. The maximum Gasteiger partial charge on any atom is -0.0227 e. The van der Waals surface area contributed by atoms with Crippen LogP contribution in [0.1, 0.15) is 38.3 Å². The van der Waals surface area contributed by atoms with Crippen LogP contribution in [0.4, 0.5) is 0 Å². The monoisotopic (exact) mass is 252 g/mol. The molecule has 1 aromatic rings. The van der Waals surface area contributed by atoms with E-state index in [-0.39, 0.29) is 0 Å². The van der Waals surface area contributed by atoms with Crippen LogP contribution >= 0.6 is 0 Å². The van der Waals surface area contributed by atoms with Crippen molar-refractivity contribution in [1.29, 1.82) is 0 Å². The van der Waals surface area contributed by atoms with Gasteiger partial charge in [0.15, 0.2) is 0 Å². The highest BCUT2D eigenvalue weighted by Crippen LogP contribution is 2.15. The van der Waals surface area contributed by atoms with E-state index in [0.717, 1.165) is 12.0 Å². The summed E-state index contributed by atoms with van der Waals surface area (Å²) in [5.41, 5.74) is 6.35. The third-order valence-corrected chi connectivity index (χ3v) is 3.24. The molecule has 0 amide bonds. The van der Waals surface area contributed by atoms with E-state index < -0.39 is 0 Å². The molecule has 0 aliphatic carbocycles. The molecule has 1 rings (SSSR count). The fourth-order valence-corrected chi connectivity index (χ4v) is 1.70. The Hall–Kier alpha value is -1.82. The van der Waals surface area contributed by atoms with E-state index in [1.807, 2.05) is 6.08 Å². The first-order chi connectivity index (χ1) is 9.06. The molecule has 19 heavy (non-hydrogen) atoms. The molecular formula is C19H24. The Balaban J connectivity index is 2.94. The lowest BCUT2D eigenvalue weighted by Crippen LogP contribution is -1.80. The SMILES string of the molecule is C=CC(=C\C=C(/C)c1ccc(C)cc1)/C=C(\C)CC. The van der Waals surface area contributed by atoms with Gasteiger partial charge in [-0.25, -0.2) is 0 Å². The van der Waals surface area contributed by atoms with E-state index in [1.165, 1.54) is 22.3 Å². The minimum Gasteiger partial charge on any atom is -0.0985 e. The molecule has 0 saturated heterocycles. The highest BCUT2D eigenvalue weighted by molar-refractivity contribution is 5.65. The van der Waals surface area contributed by atoms with E-state index in [0.29, 0.717) is 0 Å². The van der Waals surface area contributed by atoms with Crippen LogP contribution in [0.5, 0.6) is 0 Å². The predicted octanol–water partition coefficient (Wildman–Crippen LogP) is 5.87. The maximum atomic E-state index is 3.87. The lowest BCUT2D eigenvalue weighted by atomic mass is 10.0. The summed E-state index contributed by atoms with van der Waals surface area (Å²) in [7, 11) is 0. The van der Waals surface area contributed by atoms with Gasteiger partial charge >= 0.3 is 0 Å². The van der Waals surface area contributed by atoms with Crippen molar-refractivity contribution in [2.45, 2.75) is 34.1 Å². The molecule has 0 heterocycles. The normalized spacial score (nSPS) is 13.6. The first kappa shape index (κ1) is 15.2. The summed E-state index contributed by atoms with van der Waals surface area (Å²) in [5.74, 6) is 0. The van der Waals surface area contributed by atoms with Gasteiger partial charge in [-0.3, -0.25) is 0 Å². The average molecular weight is 252 g/mol. The molecule has 0 aromatic heterocycles. The van der Waals surface area contributed by atoms with Crippen LogP contribution in [-0.2, 0) is 0 Å². The maximum absolute atomic E-state index is 3.87. The molecule has 0 aliphatic heterocycles. The van der Waals surface area contributed by atoms with E-state index >= 15 is 0 Å². The van der Waals surface area contributed by atoms with Crippen molar-refractivity contribution in [2.75, 3.05) is 0 Å². The van der Waals surface area contributed by atoms with Crippen LogP contribution in [0.25, 0.3) is 5.57 Å². The third kappa shape index (κ3) is 5.13. The van der Waals surface area contributed by atoms with Gasteiger partial charge in [-0.1, -0.05) is 73.2 Å². The molecule has 0 saturated carbocycles. The molecule has 0 heteroatoms. The fourth-order valence-electron chi connectivity index (χ4n) is 1.70. The van der Waals surface area contributed by atoms with Gasteiger partial charge in [0.05, 0.1) is 0 Å². The van der Waals surface area contributed by atoms with Crippen molar-refractivity contribution < 1.29 is 0 Å². The second kappa shape index (κ2) is 7.58. The molecule has 0 nitrogen and oxygen atoms in total. The van der Waals surface area contributed by atoms with E-state index in [2.05, 4.69) is 76.8 Å². The summed E-state index contributed by atoms with van der Waals surface area (Å²) in [5, 5.41) is 0. The largest absolute Gasteiger partial charge is 0.0985 e. The van der Waals surface area contributed by atoms with Gasteiger partial charge in [0.2, 0.25) is 0 Å². The number of hydrogen-bond donors (Lipinski definition) is 0. The van der Waals surface area contributed by atoms with E-state index in [1.54, 1.807) is 0 Å².